The van der Waals surface area contributed by atoms with Crippen molar-refractivity contribution in [3.05, 3.63) is 89.0 Å². The van der Waals surface area contributed by atoms with Crippen molar-refractivity contribution in [2.45, 2.75) is 6.42 Å². The molecule has 10 heteroatoms. The first kappa shape index (κ1) is 31.0. The van der Waals surface area contributed by atoms with Gasteiger partial charge in [-0.1, -0.05) is 36.4 Å². The first-order chi connectivity index (χ1) is 22.8. The van der Waals surface area contributed by atoms with E-state index in [1.54, 1.807) is 12.1 Å². The third kappa shape index (κ3) is 5.77. The van der Waals surface area contributed by atoms with Crippen LogP contribution in [0.4, 0.5) is 5.69 Å². The summed E-state index contributed by atoms with van der Waals surface area (Å²) in [5.74, 6) is -0.976. The molecule has 0 unspecified atom stereocenters. The summed E-state index contributed by atoms with van der Waals surface area (Å²) in [5.41, 5.74) is 3.35. The molecule has 0 spiro atoms. The van der Waals surface area contributed by atoms with Crippen molar-refractivity contribution in [2.24, 2.45) is 0 Å². The van der Waals surface area contributed by atoms with Gasteiger partial charge in [0.15, 0.2) is 0 Å². The van der Waals surface area contributed by atoms with Crippen molar-refractivity contribution in [3.63, 3.8) is 0 Å². The molecule has 47 heavy (non-hydrogen) atoms. The minimum Gasteiger partial charge on any atom is -0.369 e. The van der Waals surface area contributed by atoms with Gasteiger partial charge in [-0.15, -0.1) is 0 Å². The summed E-state index contributed by atoms with van der Waals surface area (Å²) in [6, 6.07) is 20.9. The number of imide groups is 2. The van der Waals surface area contributed by atoms with E-state index >= 15 is 0 Å². The monoisotopic (exact) mass is 632 g/mol. The lowest BCUT2D eigenvalue weighted by molar-refractivity contribution is 0.0589. The van der Waals surface area contributed by atoms with Gasteiger partial charge >= 0.3 is 0 Å². The number of carbonyl (C=O) groups is 4. The molecule has 0 radical (unpaired) electrons. The van der Waals surface area contributed by atoms with Crippen LogP contribution in [0.2, 0.25) is 0 Å². The zero-order valence-corrected chi connectivity index (χ0v) is 27.0. The van der Waals surface area contributed by atoms with E-state index in [9.17, 15) is 19.2 Å². The first-order valence-corrected chi connectivity index (χ1v) is 16.5. The molecule has 7 rings (SSSR count). The normalized spacial score (nSPS) is 16.8. The van der Waals surface area contributed by atoms with Gasteiger partial charge in [0.1, 0.15) is 0 Å². The van der Waals surface area contributed by atoms with Gasteiger partial charge in [0.05, 0.1) is 5.56 Å². The van der Waals surface area contributed by atoms with Crippen LogP contribution in [0.5, 0.6) is 0 Å². The van der Waals surface area contributed by atoms with Crippen LogP contribution < -0.4 is 10.2 Å². The Balaban J connectivity index is 0.900. The molecule has 242 valence electrons. The average molecular weight is 633 g/mol. The van der Waals surface area contributed by atoms with Crippen LogP contribution >= 0.6 is 0 Å². The molecule has 4 aromatic rings. The van der Waals surface area contributed by atoms with E-state index in [0.29, 0.717) is 48.4 Å². The Morgan fingerprint density at radius 3 is 1.83 bits per heavy atom. The maximum Gasteiger partial charge on any atom is 0.261 e. The summed E-state index contributed by atoms with van der Waals surface area (Å²) < 4.78 is 0. The molecular formula is C37H40N6O4. The summed E-state index contributed by atoms with van der Waals surface area (Å²) >= 11 is 0. The minimum absolute atomic E-state index is 0.239. The van der Waals surface area contributed by atoms with E-state index in [0.717, 1.165) is 66.4 Å². The van der Waals surface area contributed by atoms with Crippen LogP contribution in [-0.4, -0.2) is 123 Å². The molecule has 3 aliphatic rings. The van der Waals surface area contributed by atoms with Gasteiger partial charge in [-0.05, 0) is 74.7 Å². The summed E-state index contributed by atoms with van der Waals surface area (Å²) in [7, 11) is 4.10. The zero-order valence-electron chi connectivity index (χ0n) is 27.0. The van der Waals surface area contributed by atoms with Gasteiger partial charge in [0.25, 0.3) is 23.6 Å². The Labute approximate surface area is 274 Å². The fraction of sp³-hybridized carbons (Fsp3) is 0.351. The quantitative estimate of drug-likeness (QED) is 0.198. The van der Waals surface area contributed by atoms with Gasteiger partial charge in [-0.2, -0.15) is 0 Å². The fourth-order valence-corrected chi connectivity index (χ4v) is 7.05. The molecule has 0 atom stereocenters. The molecule has 1 N–H and O–H groups in total. The smallest absolute Gasteiger partial charge is 0.261 e. The van der Waals surface area contributed by atoms with Crippen LogP contribution in [0.25, 0.3) is 21.5 Å². The number of nitrogens with zero attached hydrogens (tertiary/aromatic N) is 5. The molecule has 10 nitrogen and oxygen atoms in total. The van der Waals surface area contributed by atoms with Crippen molar-refractivity contribution in [1.29, 1.82) is 0 Å². The highest BCUT2D eigenvalue weighted by molar-refractivity contribution is 6.26. The Hall–Kier alpha value is -4.64. The average Bonchev–Trinajstić information content (AvgIpc) is 3.08. The predicted molar refractivity (Wildman–Crippen MR) is 183 cm³/mol. The first-order valence-electron chi connectivity index (χ1n) is 16.5. The second-order valence-electron chi connectivity index (χ2n) is 12.8. The van der Waals surface area contributed by atoms with E-state index < -0.39 is 0 Å². The third-order valence-corrected chi connectivity index (χ3v) is 9.75. The standard InChI is InChI=1S/C37H40N6O4/c1-39(19-22-43-35(45)28-10-3-7-25-8-4-11-29(32(25)28)36(43)46)15-6-13-38-14-16-42-34(44)30-12-5-9-26-23-27(24-31(33(26)30)37(42)47)41-20-17-40(2)18-21-41/h3-5,7-12,23-24,38H,6,13-22H2,1-2H3. The van der Waals surface area contributed by atoms with Gasteiger partial charge in [0, 0.05) is 85.5 Å². The maximum atomic E-state index is 13.7. The molecule has 0 aromatic heterocycles. The highest BCUT2D eigenvalue weighted by atomic mass is 16.2. The summed E-state index contributed by atoms with van der Waals surface area (Å²) in [4.78, 5) is 62.9. The van der Waals surface area contributed by atoms with Crippen LogP contribution in [0.15, 0.2) is 66.7 Å². The van der Waals surface area contributed by atoms with E-state index in [1.807, 2.05) is 55.6 Å². The van der Waals surface area contributed by atoms with Crippen molar-refractivity contribution in [3.8, 4) is 0 Å². The lowest BCUT2D eigenvalue weighted by Gasteiger charge is -2.35. The van der Waals surface area contributed by atoms with Gasteiger partial charge in [-0.25, -0.2) is 0 Å². The van der Waals surface area contributed by atoms with Crippen molar-refractivity contribution >= 4 is 50.9 Å². The fourth-order valence-electron chi connectivity index (χ4n) is 7.05. The summed E-state index contributed by atoms with van der Waals surface area (Å²) in [6.07, 6.45) is 0.832. The Bertz CT molecular complexity index is 1850. The van der Waals surface area contributed by atoms with Crippen molar-refractivity contribution < 1.29 is 19.2 Å². The number of piperazine rings is 1. The Morgan fingerprint density at radius 2 is 1.19 bits per heavy atom. The number of likely N-dealkylation sites (N-methyl/N-ethyl adjacent to an activating group) is 2. The maximum absolute atomic E-state index is 13.7. The topological polar surface area (TPSA) is 96.5 Å². The number of hydrogen-bond acceptors (Lipinski definition) is 8. The zero-order chi connectivity index (χ0) is 32.7. The van der Waals surface area contributed by atoms with Crippen LogP contribution in [0.1, 0.15) is 47.9 Å². The number of amides is 4. The number of rotatable bonds is 11. The van der Waals surface area contributed by atoms with E-state index in [-0.39, 0.29) is 30.2 Å². The highest BCUT2D eigenvalue weighted by Crippen LogP contribution is 2.34. The molecule has 0 aliphatic carbocycles. The molecule has 3 aliphatic heterocycles. The predicted octanol–water partition coefficient (Wildman–Crippen LogP) is 3.55. The van der Waals surface area contributed by atoms with Crippen LogP contribution in [0, 0.1) is 0 Å². The Kier molecular flexibility index (Phi) is 8.48. The lowest BCUT2D eigenvalue weighted by Crippen LogP contribution is -2.45. The van der Waals surface area contributed by atoms with E-state index in [2.05, 4.69) is 33.1 Å². The molecule has 4 aromatic carbocycles. The van der Waals surface area contributed by atoms with Gasteiger partial charge in [-0.3, -0.25) is 29.0 Å². The number of benzene rings is 4. The molecule has 0 saturated carbocycles. The summed E-state index contributed by atoms with van der Waals surface area (Å²) in [6.45, 7) is 6.87. The lowest BCUT2D eigenvalue weighted by atomic mass is 9.93. The van der Waals surface area contributed by atoms with E-state index in [4.69, 9.17) is 0 Å². The van der Waals surface area contributed by atoms with Crippen molar-refractivity contribution in [1.82, 2.24) is 24.9 Å². The van der Waals surface area contributed by atoms with Crippen molar-refractivity contribution in [2.75, 3.05) is 84.4 Å². The van der Waals surface area contributed by atoms with Gasteiger partial charge < -0.3 is 20.0 Å². The highest BCUT2D eigenvalue weighted by Gasteiger charge is 2.34. The second-order valence-corrected chi connectivity index (χ2v) is 12.8. The van der Waals surface area contributed by atoms with E-state index in [1.165, 1.54) is 9.80 Å². The van der Waals surface area contributed by atoms with Gasteiger partial charge in [0.2, 0.25) is 0 Å². The van der Waals surface area contributed by atoms with Crippen LogP contribution in [0.3, 0.4) is 0 Å². The minimum atomic E-state index is -0.248. The number of nitrogens with one attached hydrogen (secondary N) is 1. The number of anilines is 1. The molecule has 3 heterocycles. The number of carbonyl (C=O) groups excluding carboxylic acids is 4. The second kappa shape index (κ2) is 12.9. The molecule has 1 saturated heterocycles. The largest absolute Gasteiger partial charge is 0.369 e. The molecule has 1 fully saturated rings. The molecule has 4 amide bonds. The molecule has 0 bridgehead atoms. The Morgan fingerprint density at radius 1 is 0.638 bits per heavy atom. The number of hydrogen-bond donors (Lipinski definition) is 1. The summed E-state index contributed by atoms with van der Waals surface area (Å²) in [5, 5.41) is 6.70. The van der Waals surface area contributed by atoms with Crippen LogP contribution in [-0.2, 0) is 0 Å². The SMILES string of the molecule is CN(CCCNCCN1C(=O)c2cccc3cc(N4CCN(C)CC4)cc(c23)C1=O)CCN1C(=O)c2cccc3cccc(c23)C1=O. The third-order valence-electron chi connectivity index (χ3n) is 9.75. The molecular weight excluding hydrogens is 592 g/mol.